The van der Waals surface area contributed by atoms with Gasteiger partial charge in [0.25, 0.3) is 0 Å². The number of hydrogen-bond donors (Lipinski definition) is 1. The summed E-state index contributed by atoms with van der Waals surface area (Å²) in [7, 11) is 0. The molecule has 0 bridgehead atoms. The molecule has 0 unspecified atom stereocenters. The molecule has 0 aliphatic carbocycles. The normalized spacial score (nSPS) is 17.3. The van der Waals surface area contributed by atoms with Gasteiger partial charge in [-0.05, 0) is 43.0 Å². The number of rotatable bonds is 5. The van der Waals surface area contributed by atoms with Crippen molar-refractivity contribution >= 4 is 12.4 Å². The van der Waals surface area contributed by atoms with E-state index >= 15 is 0 Å². The van der Waals surface area contributed by atoms with Gasteiger partial charge >= 0.3 is 0 Å². The molecule has 1 N–H and O–H groups in total. The van der Waals surface area contributed by atoms with Crippen molar-refractivity contribution in [2.45, 2.75) is 31.9 Å². The minimum absolute atomic E-state index is 0. The van der Waals surface area contributed by atoms with Crippen LogP contribution in [-0.4, -0.2) is 29.1 Å². The molecular weight excluding hydrogens is 337 g/mol. The Morgan fingerprint density at radius 1 is 1.12 bits per heavy atom. The zero-order valence-electron chi connectivity index (χ0n) is 14.4. The van der Waals surface area contributed by atoms with Crippen molar-refractivity contribution in [2.75, 3.05) is 13.1 Å². The van der Waals surface area contributed by atoms with E-state index in [2.05, 4.69) is 35.2 Å². The molecule has 1 aliphatic heterocycles. The summed E-state index contributed by atoms with van der Waals surface area (Å²) in [4.78, 5) is 2.25. The Morgan fingerprint density at radius 3 is 2.52 bits per heavy atom. The lowest BCUT2D eigenvalue weighted by Gasteiger charge is -2.34. The number of halogens is 2. The molecule has 0 saturated heterocycles. The molecule has 1 heterocycles. The average Bonchev–Trinajstić information content (AvgIpc) is 2.62. The highest BCUT2D eigenvalue weighted by atomic mass is 35.5. The molecule has 1 aliphatic rings. The van der Waals surface area contributed by atoms with E-state index in [4.69, 9.17) is 0 Å². The van der Waals surface area contributed by atoms with Crippen LogP contribution in [0.4, 0.5) is 4.39 Å². The maximum Gasteiger partial charge on any atom is 0.123 e. The Morgan fingerprint density at radius 2 is 1.88 bits per heavy atom. The Hall–Kier alpha value is -1.68. The van der Waals surface area contributed by atoms with Crippen molar-refractivity contribution in [2.24, 2.45) is 0 Å². The highest BCUT2D eigenvalue weighted by Crippen LogP contribution is 2.25. The molecular formula is C21H25ClFNO. The first-order chi connectivity index (χ1) is 11.6. The molecule has 134 valence electrons. The first-order valence-electron chi connectivity index (χ1n) is 8.53. The standard InChI is InChI=1S/C21H24FNO.ClH/c1-16(21(24)19-8-5-9-20(22)15-19)23-12-10-18(11-13-23)14-17-6-3-2-4-7-17;/h2-10,15-16,21,24H,11-14H2,1H3;1H/t16-,21+;/m0./s1. The second kappa shape index (κ2) is 9.14. The van der Waals surface area contributed by atoms with E-state index in [1.54, 1.807) is 12.1 Å². The summed E-state index contributed by atoms with van der Waals surface area (Å²) in [5, 5.41) is 10.5. The molecule has 0 amide bonds. The van der Waals surface area contributed by atoms with Crippen molar-refractivity contribution in [3.05, 3.63) is 83.2 Å². The smallest absolute Gasteiger partial charge is 0.123 e. The van der Waals surface area contributed by atoms with Crippen molar-refractivity contribution < 1.29 is 9.50 Å². The third-order valence-electron chi connectivity index (χ3n) is 4.83. The largest absolute Gasteiger partial charge is 0.387 e. The van der Waals surface area contributed by atoms with Gasteiger partial charge in [-0.15, -0.1) is 12.4 Å². The number of aliphatic hydroxyl groups is 1. The van der Waals surface area contributed by atoms with Crippen LogP contribution in [0, 0.1) is 5.82 Å². The number of aliphatic hydroxyl groups excluding tert-OH is 1. The van der Waals surface area contributed by atoms with Gasteiger partial charge in [0.2, 0.25) is 0 Å². The Labute approximate surface area is 155 Å². The quantitative estimate of drug-likeness (QED) is 0.790. The van der Waals surface area contributed by atoms with E-state index in [1.165, 1.54) is 23.3 Å². The van der Waals surface area contributed by atoms with Gasteiger partial charge in [-0.25, -0.2) is 4.39 Å². The zero-order valence-corrected chi connectivity index (χ0v) is 15.3. The van der Waals surface area contributed by atoms with E-state index in [1.807, 2.05) is 13.0 Å². The fourth-order valence-corrected chi connectivity index (χ4v) is 3.28. The van der Waals surface area contributed by atoms with Gasteiger partial charge in [0.15, 0.2) is 0 Å². The Kier molecular flexibility index (Phi) is 7.18. The molecule has 2 aromatic carbocycles. The van der Waals surface area contributed by atoms with Crippen LogP contribution < -0.4 is 0 Å². The SMILES string of the molecule is C[C@@H]([C@@H](O)c1cccc(F)c1)N1CC=C(Cc2ccccc2)CC1.Cl. The van der Waals surface area contributed by atoms with Crippen LogP contribution in [0.25, 0.3) is 0 Å². The topological polar surface area (TPSA) is 23.5 Å². The maximum absolute atomic E-state index is 13.4. The number of nitrogens with zero attached hydrogens (tertiary/aromatic N) is 1. The van der Waals surface area contributed by atoms with Gasteiger partial charge < -0.3 is 5.11 Å². The predicted molar refractivity (Wildman–Crippen MR) is 102 cm³/mol. The van der Waals surface area contributed by atoms with Gasteiger partial charge in [-0.1, -0.05) is 54.1 Å². The van der Waals surface area contributed by atoms with E-state index in [0.29, 0.717) is 5.56 Å². The third-order valence-corrected chi connectivity index (χ3v) is 4.83. The average molecular weight is 362 g/mol. The molecule has 4 heteroatoms. The van der Waals surface area contributed by atoms with E-state index in [9.17, 15) is 9.50 Å². The van der Waals surface area contributed by atoms with Crippen LogP contribution in [0.3, 0.4) is 0 Å². The highest BCUT2D eigenvalue weighted by Gasteiger charge is 2.24. The lowest BCUT2D eigenvalue weighted by Crippen LogP contribution is -2.40. The van der Waals surface area contributed by atoms with Gasteiger partial charge in [0.1, 0.15) is 5.82 Å². The molecule has 2 atom stereocenters. The van der Waals surface area contributed by atoms with Crippen molar-refractivity contribution in [3.63, 3.8) is 0 Å². The summed E-state index contributed by atoms with van der Waals surface area (Å²) in [6.07, 6.45) is 3.60. The monoisotopic (exact) mass is 361 g/mol. The number of benzene rings is 2. The van der Waals surface area contributed by atoms with Gasteiger partial charge in [-0.3, -0.25) is 4.90 Å². The second-order valence-corrected chi connectivity index (χ2v) is 6.51. The molecule has 2 aromatic rings. The molecule has 0 fully saturated rings. The van der Waals surface area contributed by atoms with Crippen molar-refractivity contribution in [1.29, 1.82) is 0 Å². The van der Waals surface area contributed by atoms with Crippen LogP contribution in [0.5, 0.6) is 0 Å². The molecule has 2 nitrogen and oxygen atoms in total. The lowest BCUT2D eigenvalue weighted by molar-refractivity contribution is 0.0621. The molecule has 0 saturated carbocycles. The van der Waals surface area contributed by atoms with Crippen LogP contribution in [0.1, 0.15) is 30.6 Å². The van der Waals surface area contributed by atoms with Crippen LogP contribution in [0.2, 0.25) is 0 Å². The fourth-order valence-electron chi connectivity index (χ4n) is 3.28. The van der Waals surface area contributed by atoms with Crippen LogP contribution in [0.15, 0.2) is 66.2 Å². The van der Waals surface area contributed by atoms with E-state index in [-0.39, 0.29) is 24.3 Å². The highest BCUT2D eigenvalue weighted by molar-refractivity contribution is 5.85. The minimum Gasteiger partial charge on any atom is -0.387 e. The Bertz CT molecular complexity index is 704. The summed E-state index contributed by atoms with van der Waals surface area (Å²) >= 11 is 0. The first kappa shape index (κ1) is 19.6. The summed E-state index contributed by atoms with van der Waals surface area (Å²) in [6, 6.07) is 16.7. The van der Waals surface area contributed by atoms with Crippen LogP contribution >= 0.6 is 12.4 Å². The first-order valence-corrected chi connectivity index (χ1v) is 8.53. The minimum atomic E-state index is -0.676. The molecule has 3 rings (SSSR count). The summed E-state index contributed by atoms with van der Waals surface area (Å²) < 4.78 is 13.4. The fraction of sp³-hybridized carbons (Fsp3) is 0.333. The van der Waals surface area contributed by atoms with Gasteiger partial charge in [-0.2, -0.15) is 0 Å². The second-order valence-electron chi connectivity index (χ2n) is 6.51. The summed E-state index contributed by atoms with van der Waals surface area (Å²) in [6.45, 7) is 3.76. The molecule has 0 radical (unpaired) electrons. The third kappa shape index (κ3) is 5.15. The van der Waals surface area contributed by atoms with Crippen molar-refractivity contribution in [1.82, 2.24) is 4.90 Å². The maximum atomic E-state index is 13.4. The predicted octanol–water partition coefficient (Wildman–Crippen LogP) is 4.54. The van der Waals surface area contributed by atoms with Gasteiger partial charge in [0.05, 0.1) is 6.10 Å². The number of hydrogen-bond acceptors (Lipinski definition) is 2. The van der Waals surface area contributed by atoms with Gasteiger partial charge in [0, 0.05) is 19.1 Å². The van der Waals surface area contributed by atoms with E-state index < -0.39 is 6.10 Å². The summed E-state index contributed by atoms with van der Waals surface area (Å²) in [5.41, 5.74) is 3.43. The van der Waals surface area contributed by atoms with Crippen molar-refractivity contribution in [3.8, 4) is 0 Å². The zero-order chi connectivity index (χ0) is 16.9. The molecule has 25 heavy (non-hydrogen) atoms. The van der Waals surface area contributed by atoms with Crippen LogP contribution in [-0.2, 0) is 6.42 Å². The van der Waals surface area contributed by atoms with E-state index in [0.717, 1.165) is 25.9 Å². The lowest BCUT2D eigenvalue weighted by atomic mass is 9.96. The molecule has 0 spiro atoms. The molecule has 0 aromatic heterocycles. The Balaban J connectivity index is 0.00000225. The summed E-state index contributed by atoms with van der Waals surface area (Å²) in [5.74, 6) is -0.303.